The fourth-order valence-electron chi connectivity index (χ4n) is 2.95. The van der Waals surface area contributed by atoms with Gasteiger partial charge in [-0.2, -0.15) is 0 Å². The lowest BCUT2D eigenvalue weighted by Gasteiger charge is -2.22. The van der Waals surface area contributed by atoms with E-state index in [0.717, 1.165) is 41.3 Å². The highest BCUT2D eigenvalue weighted by Gasteiger charge is 2.22. The van der Waals surface area contributed by atoms with Crippen molar-refractivity contribution in [3.63, 3.8) is 0 Å². The van der Waals surface area contributed by atoms with Crippen LogP contribution in [0.3, 0.4) is 0 Å². The molecule has 0 amide bonds. The van der Waals surface area contributed by atoms with Crippen LogP contribution in [0.1, 0.15) is 35.7 Å². The van der Waals surface area contributed by atoms with Gasteiger partial charge in [-0.1, -0.05) is 11.6 Å². The highest BCUT2D eigenvalue weighted by atomic mass is 35.5. The van der Waals surface area contributed by atoms with Gasteiger partial charge in [-0.05, 0) is 49.4 Å². The smallest absolute Gasteiger partial charge is 0.144 e. The Labute approximate surface area is 124 Å². The molecule has 0 saturated carbocycles. The second kappa shape index (κ2) is 5.15. The van der Waals surface area contributed by atoms with Crippen LogP contribution in [0.2, 0.25) is 5.02 Å². The lowest BCUT2D eigenvalue weighted by Crippen LogP contribution is -2.18. The number of benzene rings is 1. The zero-order valence-electron chi connectivity index (χ0n) is 11.8. The summed E-state index contributed by atoms with van der Waals surface area (Å²) >= 11 is 6.18. The van der Waals surface area contributed by atoms with Crippen molar-refractivity contribution in [2.45, 2.75) is 32.2 Å². The maximum absolute atomic E-state index is 6.20. The summed E-state index contributed by atoms with van der Waals surface area (Å²) in [4.78, 5) is 0. The molecular formula is C16H19ClN2O. The molecule has 20 heavy (non-hydrogen) atoms. The summed E-state index contributed by atoms with van der Waals surface area (Å²) in [7, 11) is 1.67. The van der Waals surface area contributed by atoms with E-state index in [2.05, 4.69) is 22.9 Å². The van der Waals surface area contributed by atoms with Gasteiger partial charge < -0.3 is 15.0 Å². The van der Waals surface area contributed by atoms with Crippen LogP contribution in [-0.2, 0) is 6.42 Å². The molecular weight excluding hydrogens is 272 g/mol. The summed E-state index contributed by atoms with van der Waals surface area (Å²) in [5.41, 5.74) is 10.8. The Kier molecular flexibility index (Phi) is 3.48. The van der Waals surface area contributed by atoms with Gasteiger partial charge in [-0.3, -0.25) is 0 Å². The first-order valence-electron chi connectivity index (χ1n) is 6.92. The van der Waals surface area contributed by atoms with Crippen molar-refractivity contribution in [2.24, 2.45) is 5.73 Å². The molecule has 1 unspecified atom stereocenters. The topological polar surface area (TPSA) is 40.2 Å². The minimum absolute atomic E-state index is 0.152. The predicted octanol–water partition coefficient (Wildman–Crippen LogP) is 3.78. The molecule has 0 radical (unpaired) electrons. The Morgan fingerprint density at radius 3 is 2.95 bits per heavy atom. The average molecular weight is 291 g/mol. The number of fused-ring (bicyclic) bond motifs is 1. The number of rotatable bonds is 2. The number of aromatic nitrogens is 1. The van der Waals surface area contributed by atoms with E-state index in [1.807, 2.05) is 13.0 Å². The molecule has 1 aliphatic rings. The number of nitrogens with zero attached hydrogens (tertiary/aromatic N) is 1. The molecule has 1 aliphatic carbocycles. The SMILES string of the molecule is COc1cc(Cl)c(C)cc1-n1ccc2c1CCCC2N. The largest absolute Gasteiger partial charge is 0.495 e. The molecule has 0 spiro atoms. The van der Waals surface area contributed by atoms with Gasteiger partial charge in [0.25, 0.3) is 0 Å². The van der Waals surface area contributed by atoms with Crippen LogP contribution in [0, 0.1) is 6.92 Å². The van der Waals surface area contributed by atoms with E-state index in [-0.39, 0.29) is 6.04 Å². The van der Waals surface area contributed by atoms with Crippen molar-refractivity contribution in [3.05, 3.63) is 46.2 Å². The average Bonchev–Trinajstić information content (AvgIpc) is 2.86. The number of ether oxygens (including phenoxy) is 1. The van der Waals surface area contributed by atoms with Crippen LogP contribution in [0.15, 0.2) is 24.4 Å². The number of methoxy groups -OCH3 is 1. The maximum atomic E-state index is 6.20. The van der Waals surface area contributed by atoms with Crippen molar-refractivity contribution < 1.29 is 4.74 Å². The summed E-state index contributed by atoms with van der Waals surface area (Å²) < 4.78 is 7.68. The molecule has 0 saturated heterocycles. The third-order valence-corrected chi connectivity index (χ3v) is 4.48. The zero-order valence-corrected chi connectivity index (χ0v) is 12.6. The standard InChI is InChI=1S/C16H19ClN2O/c1-10-8-15(16(20-2)9-12(10)17)19-7-6-11-13(18)4-3-5-14(11)19/h6-9,13H,3-5,18H2,1-2H3. The third-order valence-electron chi connectivity index (χ3n) is 4.08. The second-order valence-corrected chi connectivity index (χ2v) is 5.77. The molecule has 2 N–H and O–H groups in total. The van der Waals surface area contributed by atoms with E-state index in [1.165, 1.54) is 11.3 Å². The Morgan fingerprint density at radius 2 is 2.20 bits per heavy atom. The highest BCUT2D eigenvalue weighted by Crippen LogP contribution is 2.35. The van der Waals surface area contributed by atoms with Crippen molar-refractivity contribution in [2.75, 3.05) is 7.11 Å². The summed E-state index contributed by atoms with van der Waals surface area (Å²) in [5, 5.41) is 0.725. The van der Waals surface area contributed by atoms with Crippen molar-refractivity contribution in [3.8, 4) is 11.4 Å². The first-order chi connectivity index (χ1) is 9.61. The summed E-state index contributed by atoms with van der Waals surface area (Å²) in [5.74, 6) is 0.790. The Bertz CT molecular complexity index is 648. The minimum Gasteiger partial charge on any atom is -0.495 e. The first kappa shape index (κ1) is 13.5. The fraction of sp³-hybridized carbons (Fsp3) is 0.375. The molecule has 1 aromatic heterocycles. The van der Waals surface area contributed by atoms with E-state index in [4.69, 9.17) is 22.1 Å². The molecule has 3 rings (SSSR count). The molecule has 3 nitrogen and oxygen atoms in total. The summed E-state index contributed by atoms with van der Waals surface area (Å²) in [6.07, 6.45) is 5.34. The van der Waals surface area contributed by atoms with Gasteiger partial charge in [0.1, 0.15) is 5.75 Å². The zero-order chi connectivity index (χ0) is 14.3. The van der Waals surface area contributed by atoms with Gasteiger partial charge in [0, 0.05) is 29.0 Å². The molecule has 1 heterocycles. The molecule has 0 aliphatic heterocycles. The normalized spacial score (nSPS) is 17.9. The van der Waals surface area contributed by atoms with Crippen molar-refractivity contribution in [1.29, 1.82) is 0 Å². The number of hydrogen-bond acceptors (Lipinski definition) is 2. The lowest BCUT2D eigenvalue weighted by molar-refractivity contribution is 0.412. The van der Waals surface area contributed by atoms with E-state index in [9.17, 15) is 0 Å². The minimum atomic E-state index is 0.152. The Morgan fingerprint density at radius 1 is 1.40 bits per heavy atom. The van der Waals surface area contributed by atoms with Crippen molar-refractivity contribution in [1.82, 2.24) is 4.57 Å². The van der Waals surface area contributed by atoms with Crippen molar-refractivity contribution >= 4 is 11.6 Å². The quantitative estimate of drug-likeness (QED) is 0.914. The van der Waals surface area contributed by atoms with E-state index in [1.54, 1.807) is 7.11 Å². The number of halogens is 1. The van der Waals surface area contributed by atoms with E-state index < -0.39 is 0 Å². The van der Waals surface area contributed by atoms with Crippen LogP contribution in [0.25, 0.3) is 5.69 Å². The highest BCUT2D eigenvalue weighted by molar-refractivity contribution is 6.31. The Hall–Kier alpha value is -1.45. The monoisotopic (exact) mass is 290 g/mol. The number of nitrogens with two attached hydrogens (primary N) is 1. The van der Waals surface area contributed by atoms with Crippen LogP contribution < -0.4 is 10.5 Å². The molecule has 1 aromatic carbocycles. The fourth-order valence-corrected chi connectivity index (χ4v) is 3.11. The van der Waals surface area contributed by atoms with Gasteiger partial charge in [0.05, 0.1) is 12.8 Å². The van der Waals surface area contributed by atoms with Crippen LogP contribution in [-0.4, -0.2) is 11.7 Å². The molecule has 0 fully saturated rings. The van der Waals surface area contributed by atoms with Gasteiger partial charge in [-0.15, -0.1) is 0 Å². The second-order valence-electron chi connectivity index (χ2n) is 5.36. The molecule has 106 valence electrons. The summed E-state index contributed by atoms with van der Waals surface area (Å²) in [6.45, 7) is 2.01. The van der Waals surface area contributed by atoms with Gasteiger partial charge in [0.2, 0.25) is 0 Å². The van der Waals surface area contributed by atoms with Crippen LogP contribution >= 0.6 is 11.6 Å². The number of hydrogen-bond donors (Lipinski definition) is 1. The molecule has 0 bridgehead atoms. The van der Waals surface area contributed by atoms with E-state index in [0.29, 0.717) is 0 Å². The first-order valence-corrected chi connectivity index (χ1v) is 7.30. The predicted molar refractivity (Wildman–Crippen MR) is 81.9 cm³/mol. The van der Waals surface area contributed by atoms with Crippen LogP contribution in [0.4, 0.5) is 0 Å². The lowest BCUT2D eigenvalue weighted by atomic mass is 9.93. The summed E-state index contributed by atoms with van der Waals surface area (Å²) in [6, 6.07) is 6.23. The van der Waals surface area contributed by atoms with Gasteiger partial charge in [0.15, 0.2) is 0 Å². The van der Waals surface area contributed by atoms with Crippen LogP contribution in [0.5, 0.6) is 5.75 Å². The molecule has 2 aromatic rings. The van der Waals surface area contributed by atoms with Gasteiger partial charge in [-0.25, -0.2) is 0 Å². The Balaban J connectivity index is 2.17. The molecule has 4 heteroatoms. The van der Waals surface area contributed by atoms with E-state index >= 15 is 0 Å². The van der Waals surface area contributed by atoms with Gasteiger partial charge >= 0.3 is 0 Å². The molecule has 1 atom stereocenters. The number of aryl methyl sites for hydroxylation is 1. The maximum Gasteiger partial charge on any atom is 0.144 e. The third kappa shape index (κ3) is 2.11.